The quantitative estimate of drug-likeness (QED) is 0.594. The van der Waals surface area contributed by atoms with Crippen molar-refractivity contribution in [2.24, 2.45) is 5.92 Å². The number of hydrogen-bond acceptors (Lipinski definition) is 3. The summed E-state index contributed by atoms with van der Waals surface area (Å²) >= 11 is 6.22. The van der Waals surface area contributed by atoms with Crippen molar-refractivity contribution >= 4 is 23.5 Å². The second kappa shape index (κ2) is 8.78. The molecular weight excluding hydrogens is 421 g/mol. The van der Waals surface area contributed by atoms with E-state index in [9.17, 15) is 14.0 Å². The number of nitrogens with zero attached hydrogens (tertiary/aromatic N) is 1. The van der Waals surface area contributed by atoms with E-state index in [-0.39, 0.29) is 31.2 Å². The molecule has 3 aromatic rings. The molecule has 1 heterocycles. The van der Waals surface area contributed by atoms with Crippen LogP contribution in [0.25, 0.3) is 11.1 Å². The lowest BCUT2D eigenvalue weighted by Gasteiger charge is -2.36. The molecule has 4 rings (SSSR count). The van der Waals surface area contributed by atoms with Gasteiger partial charge in [-0.1, -0.05) is 41.9 Å². The van der Waals surface area contributed by atoms with Gasteiger partial charge < -0.3 is 14.7 Å². The zero-order chi connectivity index (χ0) is 22.0. The predicted molar refractivity (Wildman–Crippen MR) is 115 cm³/mol. The first-order valence-corrected chi connectivity index (χ1v) is 10.1. The molecular formula is C24H19ClFNO4. The Bertz CT molecular complexity index is 1130. The first kappa shape index (κ1) is 20.9. The zero-order valence-corrected chi connectivity index (χ0v) is 17.2. The Balaban J connectivity index is 1.42. The standard InChI is InChI=1S/C24H19ClFNO4/c25-21-4-2-1-3-20(21)15-5-8-19(9-6-15)31-14-17-11-16(7-10-22(17)26)23(28)27-12-18(13-27)24(29)30/h1-11,18H,12-14H2,(H,29,30). The van der Waals surface area contributed by atoms with Gasteiger partial charge in [-0.2, -0.15) is 0 Å². The van der Waals surface area contributed by atoms with Crippen LogP contribution in [0.3, 0.4) is 0 Å². The Morgan fingerprint density at radius 2 is 1.77 bits per heavy atom. The molecule has 5 nitrogen and oxygen atoms in total. The Morgan fingerprint density at radius 3 is 2.45 bits per heavy atom. The summed E-state index contributed by atoms with van der Waals surface area (Å²) in [6.07, 6.45) is 0. The highest BCUT2D eigenvalue weighted by Gasteiger charge is 2.36. The summed E-state index contributed by atoms with van der Waals surface area (Å²) in [5.74, 6) is -1.70. The van der Waals surface area contributed by atoms with E-state index < -0.39 is 17.7 Å². The highest BCUT2D eigenvalue weighted by atomic mass is 35.5. The third-order valence-corrected chi connectivity index (χ3v) is 5.57. The number of likely N-dealkylation sites (tertiary alicyclic amines) is 1. The number of carboxylic acid groups (broad SMARTS) is 1. The normalized spacial score (nSPS) is 13.5. The van der Waals surface area contributed by atoms with Gasteiger partial charge in [-0.15, -0.1) is 0 Å². The molecule has 0 saturated carbocycles. The highest BCUT2D eigenvalue weighted by Crippen LogP contribution is 2.29. The third kappa shape index (κ3) is 4.54. The number of hydrogen-bond donors (Lipinski definition) is 1. The maximum atomic E-state index is 14.2. The molecule has 0 spiro atoms. The topological polar surface area (TPSA) is 66.8 Å². The van der Waals surface area contributed by atoms with Gasteiger partial charge in [0.1, 0.15) is 18.2 Å². The summed E-state index contributed by atoms with van der Waals surface area (Å²) in [7, 11) is 0. The first-order chi connectivity index (χ1) is 14.9. The van der Waals surface area contributed by atoms with Crippen molar-refractivity contribution in [3.63, 3.8) is 0 Å². The maximum Gasteiger partial charge on any atom is 0.310 e. The molecule has 0 atom stereocenters. The van der Waals surface area contributed by atoms with Gasteiger partial charge in [-0.3, -0.25) is 9.59 Å². The van der Waals surface area contributed by atoms with E-state index in [1.807, 2.05) is 36.4 Å². The average Bonchev–Trinajstić information content (AvgIpc) is 2.72. The smallest absolute Gasteiger partial charge is 0.310 e. The minimum absolute atomic E-state index is 0.0455. The fraction of sp³-hybridized carbons (Fsp3) is 0.167. The van der Waals surface area contributed by atoms with Crippen LogP contribution in [0.4, 0.5) is 4.39 Å². The van der Waals surface area contributed by atoms with Crippen molar-refractivity contribution in [1.82, 2.24) is 4.90 Å². The number of ether oxygens (including phenoxy) is 1. The van der Waals surface area contributed by atoms with Crippen molar-refractivity contribution in [3.8, 4) is 16.9 Å². The van der Waals surface area contributed by atoms with E-state index in [1.54, 1.807) is 12.1 Å². The molecule has 1 N–H and O–H groups in total. The van der Waals surface area contributed by atoms with Gasteiger partial charge in [-0.05, 0) is 42.0 Å². The van der Waals surface area contributed by atoms with Crippen molar-refractivity contribution in [3.05, 3.63) is 88.7 Å². The summed E-state index contributed by atoms with van der Waals surface area (Å²) in [5.41, 5.74) is 2.39. The van der Waals surface area contributed by atoms with Crippen molar-refractivity contribution in [2.75, 3.05) is 13.1 Å². The Kier molecular flexibility index (Phi) is 5.91. The van der Waals surface area contributed by atoms with Crippen LogP contribution in [-0.2, 0) is 11.4 Å². The highest BCUT2D eigenvalue weighted by molar-refractivity contribution is 6.33. The van der Waals surface area contributed by atoms with Crippen LogP contribution >= 0.6 is 11.6 Å². The third-order valence-electron chi connectivity index (χ3n) is 5.24. The van der Waals surface area contributed by atoms with Gasteiger partial charge in [0.25, 0.3) is 5.91 Å². The van der Waals surface area contributed by atoms with Crippen LogP contribution in [0.1, 0.15) is 15.9 Å². The van der Waals surface area contributed by atoms with E-state index in [0.29, 0.717) is 16.3 Å². The van der Waals surface area contributed by atoms with Crippen LogP contribution in [0.2, 0.25) is 5.02 Å². The average molecular weight is 440 g/mol. The lowest BCUT2D eigenvalue weighted by atomic mass is 9.98. The maximum absolute atomic E-state index is 14.2. The molecule has 1 aliphatic heterocycles. The monoisotopic (exact) mass is 439 g/mol. The van der Waals surface area contributed by atoms with E-state index in [2.05, 4.69) is 0 Å². The molecule has 0 bridgehead atoms. The molecule has 1 amide bonds. The van der Waals surface area contributed by atoms with Crippen molar-refractivity contribution < 1.29 is 23.8 Å². The van der Waals surface area contributed by atoms with Crippen LogP contribution in [0.15, 0.2) is 66.7 Å². The zero-order valence-electron chi connectivity index (χ0n) is 16.4. The largest absolute Gasteiger partial charge is 0.489 e. The first-order valence-electron chi connectivity index (χ1n) is 9.70. The van der Waals surface area contributed by atoms with Gasteiger partial charge in [0.15, 0.2) is 0 Å². The molecule has 158 valence electrons. The summed E-state index contributed by atoms with van der Waals surface area (Å²) in [5, 5.41) is 9.60. The van der Waals surface area contributed by atoms with Gasteiger partial charge in [-0.25, -0.2) is 4.39 Å². The molecule has 7 heteroatoms. The molecule has 0 radical (unpaired) electrons. The number of amides is 1. The molecule has 3 aromatic carbocycles. The van der Waals surface area contributed by atoms with Gasteiger partial charge in [0, 0.05) is 34.8 Å². The van der Waals surface area contributed by atoms with Crippen LogP contribution in [0, 0.1) is 11.7 Å². The Hall–Kier alpha value is -3.38. The van der Waals surface area contributed by atoms with Crippen molar-refractivity contribution in [1.29, 1.82) is 0 Å². The number of rotatable bonds is 6. The van der Waals surface area contributed by atoms with Gasteiger partial charge in [0.2, 0.25) is 0 Å². The van der Waals surface area contributed by atoms with E-state index in [0.717, 1.165) is 11.1 Å². The number of benzene rings is 3. The summed E-state index contributed by atoms with van der Waals surface area (Å²) in [6, 6.07) is 18.9. The summed E-state index contributed by atoms with van der Waals surface area (Å²) < 4.78 is 19.9. The van der Waals surface area contributed by atoms with Crippen LogP contribution in [0.5, 0.6) is 5.75 Å². The lowest BCUT2D eigenvalue weighted by molar-refractivity contribution is -0.146. The van der Waals surface area contributed by atoms with E-state index >= 15 is 0 Å². The van der Waals surface area contributed by atoms with E-state index in [1.165, 1.54) is 23.1 Å². The Morgan fingerprint density at radius 1 is 1.06 bits per heavy atom. The molecule has 31 heavy (non-hydrogen) atoms. The molecule has 1 saturated heterocycles. The molecule has 0 aliphatic carbocycles. The SMILES string of the molecule is O=C(O)C1CN(C(=O)c2ccc(F)c(COc3ccc(-c4ccccc4Cl)cc3)c2)C1. The van der Waals surface area contributed by atoms with Crippen LogP contribution < -0.4 is 4.74 Å². The summed E-state index contributed by atoms with van der Waals surface area (Å²) in [4.78, 5) is 24.8. The predicted octanol–water partition coefficient (Wildman–Crippen LogP) is 4.88. The van der Waals surface area contributed by atoms with Crippen LogP contribution in [-0.4, -0.2) is 35.0 Å². The molecule has 1 aliphatic rings. The number of carboxylic acids is 1. The van der Waals surface area contributed by atoms with Gasteiger partial charge >= 0.3 is 5.97 Å². The number of halogens is 2. The summed E-state index contributed by atoms with van der Waals surface area (Å²) in [6.45, 7) is 0.278. The number of aliphatic carboxylic acids is 1. The minimum Gasteiger partial charge on any atom is -0.489 e. The number of carbonyl (C=O) groups is 2. The minimum atomic E-state index is -0.919. The molecule has 1 fully saturated rings. The lowest BCUT2D eigenvalue weighted by Crippen LogP contribution is -2.53. The molecule has 0 unspecified atom stereocenters. The molecule has 0 aromatic heterocycles. The number of carbonyl (C=O) groups excluding carboxylic acids is 1. The fourth-order valence-electron chi connectivity index (χ4n) is 3.39. The van der Waals surface area contributed by atoms with Crippen molar-refractivity contribution in [2.45, 2.75) is 6.61 Å². The second-order valence-electron chi connectivity index (χ2n) is 7.34. The van der Waals surface area contributed by atoms with Gasteiger partial charge in [0.05, 0.1) is 5.92 Å². The van der Waals surface area contributed by atoms with E-state index in [4.69, 9.17) is 21.4 Å². The Labute approximate surface area is 183 Å². The second-order valence-corrected chi connectivity index (χ2v) is 7.75. The fourth-order valence-corrected chi connectivity index (χ4v) is 3.63.